The molecule has 2 aromatic heterocycles. The Kier molecular flexibility index (Phi) is 5.15. The highest BCUT2D eigenvalue weighted by molar-refractivity contribution is 9.10. The second-order valence-corrected chi connectivity index (χ2v) is 7.52. The summed E-state index contributed by atoms with van der Waals surface area (Å²) in [6.45, 7) is 3.69. The second kappa shape index (κ2) is 7.20. The molecule has 0 atom stereocenters. The van der Waals surface area contributed by atoms with E-state index in [0.29, 0.717) is 20.9 Å². The molecule has 0 aliphatic rings. The van der Waals surface area contributed by atoms with Crippen molar-refractivity contribution in [1.29, 1.82) is 0 Å². The maximum Gasteiger partial charge on any atom is 0.253 e. The summed E-state index contributed by atoms with van der Waals surface area (Å²) in [5.74, 6) is -0.270. The SMILES string of the molecule is CC(C)(C(=O)Nc1nn(Cc2ccccc2F)cc1Br)n1cc(Cl)cn1. The Morgan fingerprint density at radius 3 is 2.73 bits per heavy atom. The zero-order chi connectivity index (χ0) is 18.9. The van der Waals surface area contributed by atoms with Crippen molar-refractivity contribution in [3.63, 3.8) is 0 Å². The third-order valence-electron chi connectivity index (χ3n) is 3.92. The molecule has 0 aliphatic carbocycles. The van der Waals surface area contributed by atoms with Crippen LogP contribution < -0.4 is 5.32 Å². The number of hydrogen-bond acceptors (Lipinski definition) is 3. The van der Waals surface area contributed by atoms with Gasteiger partial charge in [-0.1, -0.05) is 29.8 Å². The lowest BCUT2D eigenvalue weighted by Gasteiger charge is -2.23. The highest BCUT2D eigenvalue weighted by Crippen LogP contribution is 2.24. The quantitative estimate of drug-likeness (QED) is 0.651. The number of rotatable bonds is 5. The van der Waals surface area contributed by atoms with E-state index in [-0.39, 0.29) is 18.3 Å². The number of nitrogens with one attached hydrogen (secondary N) is 1. The number of anilines is 1. The van der Waals surface area contributed by atoms with Crippen LogP contribution in [0.3, 0.4) is 0 Å². The van der Waals surface area contributed by atoms with Gasteiger partial charge < -0.3 is 5.32 Å². The van der Waals surface area contributed by atoms with Crippen LogP contribution in [0.25, 0.3) is 0 Å². The van der Waals surface area contributed by atoms with Crippen LogP contribution >= 0.6 is 27.5 Å². The molecule has 6 nitrogen and oxygen atoms in total. The maximum absolute atomic E-state index is 13.8. The first-order chi connectivity index (χ1) is 12.3. The van der Waals surface area contributed by atoms with E-state index in [1.54, 1.807) is 49.1 Å². The van der Waals surface area contributed by atoms with E-state index in [0.717, 1.165) is 0 Å². The highest BCUT2D eigenvalue weighted by Gasteiger charge is 2.31. The fourth-order valence-corrected chi connectivity index (χ4v) is 2.89. The van der Waals surface area contributed by atoms with E-state index in [1.807, 2.05) is 0 Å². The number of aromatic nitrogens is 4. The summed E-state index contributed by atoms with van der Waals surface area (Å²) in [6, 6.07) is 6.48. The zero-order valence-corrected chi connectivity index (χ0v) is 16.4. The first kappa shape index (κ1) is 18.6. The first-order valence-corrected chi connectivity index (χ1v) is 8.93. The van der Waals surface area contributed by atoms with E-state index in [2.05, 4.69) is 31.4 Å². The Morgan fingerprint density at radius 2 is 2.08 bits per heavy atom. The van der Waals surface area contributed by atoms with Gasteiger partial charge in [-0.05, 0) is 35.8 Å². The number of halogens is 3. The van der Waals surface area contributed by atoms with Gasteiger partial charge in [0.1, 0.15) is 11.4 Å². The lowest BCUT2D eigenvalue weighted by atomic mass is 10.1. The average Bonchev–Trinajstić information content (AvgIpc) is 3.16. The van der Waals surface area contributed by atoms with Gasteiger partial charge >= 0.3 is 0 Å². The Balaban J connectivity index is 1.77. The van der Waals surface area contributed by atoms with Crippen LogP contribution in [0.2, 0.25) is 5.02 Å². The van der Waals surface area contributed by atoms with Gasteiger partial charge in [-0.2, -0.15) is 10.2 Å². The molecule has 26 heavy (non-hydrogen) atoms. The van der Waals surface area contributed by atoms with Crippen molar-refractivity contribution >= 4 is 39.3 Å². The summed E-state index contributed by atoms with van der Waals surface area (Å²) in [5.41, 5.74) is -0.464. The van der Waals surface area contributed by atoms with Crippen LogP contribution in [0.5, 0.6) is 0 Å². The topological polar surface area (TPSA) is 64.7 Å². The lowest BCUT2D eigenvalue weighted by molar-refractivity contribution is -0.123. The standard InChI is InChI=1S/C17H16BrClFN5O/c1-17(2,25-9-12(19)7-21-25)16(26)22-15-13(18)10-24(23-15)8-11-5-3-4-6-14(11)20/h3-7,9-10H,8H2,1-2H3,(H,22,23,26). The minimum absolute atomic E-state index is 0.249. The summed E-state index contributed by atoms with van der Waals surface area (Å²) in [4.78, 5) is 12.7. The predicted octanol–water partition coefficient (Wildman–Crippen LogP) is 4.06. The number of amides is 1. The second-order valence-electron chi connectivity index (χ2n) is 6.23. The van der Waals surface area contributed by atoms with Crippen LogP contribution in [0.4, 0.5) is 10.2 Å². The number of hydrogen-bond donors (Lipinski definition) is 1. The van der Waals surface area contributed by atoms with Crippen molar-refractivity contribution in [2.75, 3.05) is 5.32 Å². The molecular formula is C17H16BrClFN5O. The van der Waals surface area contributed by atoms with Gasteiger partial charge in [-0.25, -0.2) is 4.39 Å². The Bertz CT molecular complexity index is 952. The third kappa shape index (κ3) is 3.81. The molecule has 136 valence electrons. The summed E-state index contributed by atoms with van der Waals surface area (Å²) in [6.07, 6.45) is 4.72. The molecule has 0 unspecified atom stereocenters. The average molecular weight is 441 g/mol. The maximum atomic E-state index is 13.8. The van der Waals surface area contributed by atoms with E-state index in [4.69, 9.17) is 11.6 Å². The zero-order valence-electron chi connectivity index (χ0n) is 14.1. The van der Waals surface area contributed by atoms with Gasteiger partial charge in [0.2, 0.25) is 0 Å². The van der Waals surface area contributed by atoms with E-state index in [1.165, 1.54) is 16.9 Å². The molecular weight excluding hydrogens is 425 g/mol. The van der Waals surface area contributed by atoms with Crippen molar-refractivity contribution in [3.8, 4) is 0 Å². The summed E-state index contributed by atoms with van der Waals surface area (Å²) in [7, 11) is 0. The van der Waals surface area contributed by atoms with Gasteiger partial charge in [-0.15, -0.1) is 0 Å². The first-order valence-electron chi connectivity index (χ1n) is 7.76. The van der Waals surface area contributed by atoms with Crippen molar-refractivity contribution in [2.24, 2.45) is 0 Å². The van der Waals surface area contributed by atoms with Crippen molar-refractivity contribution in [2.45, 2.75) is 25.9 Å². The van der Waals surface area contributed by atoms with Gasteiger partial charge in [0.05, 0.1) is 22.2 Å². The molecule has 3 rings (SSSR count). The van der Waals surface area contributed by atoms with Crippen molar-refractivity contribution in [1.82, 2.24) is 19.6 Å². The van der Waals surface area contributed by atoms with E-state index >= 15 is 0 Å². The Morgan fingerprint density at radius 1 is 1.35 bits per heavy atom. The van der Waals surface area contributed by atoms with Crippen LogP contribution in [0.1, 0.15) is 19.4 Å². The fourth-order valence-electron chi connectivity index (χ4n) is 2.33. The molecule has 1 N–H and O–H groups in total. The van der Waals surface area contributed by atoms with Crippen LogP contribution in [0.15, 0.2) is 47.3 Å². The minimum atomic E-state index is -0.970. The van der Waals surface area contributed by atoms with Crippen molar-refractivity contribution < 1.29 is 9.18 Å². The Labute approximate surface area is 163 Å². The minimum Gasteiger partial charge on any atom is -0.306 e. The summed E-state index contributed by atoms with van der Waals surface area (Å²) < 4.78 is 17.4. The summed E-state index contributed by atoms with van der Waals surface area (Å²) >= 11 is 9.25. The third-order valence-corrected chi connectivity index (χ3v) is 4.69. The van der Waals surface area contributed by atoms with Gasteiger partial charge in [0, 0.05) is 18.0 Å². The number of carbonyl (C=O) groups excluding carboxylic acids is 1. The normalized spacial score (nSPS) is 11.6. The summed E-state index contributed by atoms with van der Waals surface area (Å²) in [5, 5.41) is 11.6. The molecule has 9 heteroatoms. The number of carbonyl (C=O) groups is 1. The van der Waals surface area contributed by atoms with Crippen LogP contribution in [0, 0.1) is 5.82 Å². The lowest BCUT2D eigenvalue weighted by Crippen LogP contribution is -2.40. The van der Waals surface area contributed by atoms with Gasteiger partial charge in [0.15, 0.2) is 5.82 Å². The van der Waals surface area contributed by atoms with Crippen LogP contribution in [-0.4, -0.2) is 25.5 Å². The van der Waals surface area contributed by atoms with Crippen LogP contribution in [-0.2, 0) is 16.9 Å². The number of benzene rings is 1. The molecule has 1 amide bonds. The molecule has 0 saturated carbocycles. The van der Waals surface area contributed by atoms with Gasteiger partial charge in [0.25, 0.3) is 5.91 Å². The van der Waals surface area contributed by atoms with E-state index < -0.39 is 5.54 Å². The van der Waals surface area contributed by atoms with Crippen molar-refractivity contribution in [3.05, 3.63) is 63.7 Å². The highest BCUT2D eigenvalue weighted by atomic mass is 79.9. The predicted molar refractivity (Wildman–Crippen MR) is 101 cm³/mol. The molecule has 0 radical (unpaired) electrons. The fraction of sp³-hybridized carbons (Fsp3) is 0.235. The van der Waals surface area contributed by atoms with E-state index in [9.17, 15) is 9.18 Å². The molecule has 0 fully saturated rings. The smallest absolute Gasteiger partial charge is 0.253 e. The molecule has 0 spiro atoms. The molecule has 0 bridgehead atoms. The molecule has 0 aliphatic heterocycles. The molecule has 0 saturated heterocycles. The monoisotopic (exact) mass is 439 g/mol. The molecule has 3 aromatic rings. The Hall–Kier alpha value is -2.19. The number of nitrogens with zero attached hydrogens (tertiary/aromatic N) is 4. The largest absolute Gasteiger partial charge is 0.306 e. The molecule has 2 heterocycles. The van der Waals surface area contributed by atoms with Gasteiger partial charge in [-0.3, -0.25) is 14.2 Å². The molecule has 1 aromatic carbocycles.